The fourth-order valence-electron chi connectivity index (χ4n) is 1.14. The number of hydrogen-bond donors (Lipinski definition) is 1. The quantitative estimate of drug-likeness (QED) is 0.484. The molecule has 1 atom stereocenters. The van der Waals surface area contributed by atoms with E-state index >= 15 is 0 Å². The summed E-state index contributed by atoms with van der Waals surface area (Å²) in [5.41, 5.74) is 7.24. The third kappa shape index (κ3) is 3.15. The normalized spacial score (nSPS) is 13.0. The number of benzene rings is 1. The van der Waals surface area contributed by atoms with Crippen LogP contribution in [0.1, 0.15) is 17.2 Å². The maximum absolute atomic E-state index is 12.3. The molecule has 16 heavy (non-hydrogen) atoms. The van der Waals surface area contributed by atoms with Crippen LogP contribution in [0, 0.1) is 0 Å². The van der Waals surface area contributed by atoms with Gasteiger partial charge in [-0.15, -0.1) is 0 Å². The van der Waals surface area contributed by atoms with Crippen LogP contribution in [0.15, 0.2) is 29.4 Å². The van der Waals surface area contributed by atoms with Gasteiger partial charge in [-0.25, -0.2) is 0 Å². The van der Waals surface area contributed by atoms with Gasteiger partial charge in [0.1, 0.15) is 0 Å². The Morgan fingerprint density at radius 3 is 2.69 bits per heavy atom. The molecule has 0 radical (unpaired) electrons. The molecule has 1 N–H and O–H groups in total. The van der Waals surface area contributed by atoms with Crippen LogP contribution >= 0.6 is 0 Å². The molecule has 0 amide bonds. The summed E-state index contributed by atoms with van der Waals surface area (Å²) in [4.78, 5) is 2.42. The van der Waals surface area contributed by atoms with Gasteiger partial charge in [0.2, 0.25) is 0 Å². The van der Waals surface area contributed by atoms with Crippen molar-refractivity contribution < 1.29 is 18.3 Å². The molecule has 0 spiro atoms. The third-order valence-corrected chi connectivity index (χ3v) is 1.92. The zero-order valence-electron chi connectivity index (χ0n) is 8.02. The van der Waals surface area contributed by atoms with Crippen molar-refractivity contribution in [2.45, 2.75) is 12.3 Å². The summed E-state index contributed by atoms with van der Waals surface area (Å²) in [7, 11) is 0. The average Bonchev–Trinajstić information content (AvgIpc) is 2.25. The number of rotatable bonds is 3. The highest BCUT2D eigenvalue weighted by molar-refractivity contribution is 5.27. The first-order valence-electron chi connectivity index (χ1n) is 4.31. The lowest BCUT2D eigenvalue weighted by atomic mass is 10.1. The number of azide groups is 1. The second kappa shape index (κ2) is 4.87. The summed E-state index contributed by atoms with van der Waals surface area (Å²) in [6.07, 6.45) is -5.67. The molecule has 1 rings (SSSR count). The van der Waals surface area contributed by atoms with E-state index in [0.717, 1.165) is 12.1 Å². The van der Waals surface area contributed by atoms with Crippen LogP contribution in [-0.4, -0.2) is 11.7 Å². The molecular formula is C9H8F3N3O. The largest absolute Gasteiger partial charge is 0.416 e. The lowest BCUT2D eigenvalue weighted by Gasteiger charge is -2.11. The molecule has 0 bridgehead atoms. The van der Waals surface area contributed by atoms with Gasteiger partial charge in [-0.1, -0.05) is 17.2 Å². The van der Waals surface area contributed by atoms with Gasteiger partial charge in [-0.05, 0) is 23.2 Å². The van der Waals surface area contributed by atoms with Crippen LogP contribution in [0.4, 0.5) is 13.2 Å². The molecule has 0 heterocycles. The highest BCUT2D eigenvalue weighted by atomic mass is 19.4. The van der Waals surface area contributed by atoms with Gasteiger partial charge in [0.05, 0.1) is 18.2 Å². The topological polar surface area (TPSA) is 69.0 Å². The first kappa shape index (κ1) is 12.4. The number of nitrogens with zero attached hydrogens (tertiary/aromatic N) is 3. The maximum atomic E-state index is 12.3. The van der Waals surface area contributed by atoms with Gasteiger partial charge in [-0.2, -0.15) is 13.2 Å². The van der Waals surface area contributed by atoms with Crippen LogP contribution in [0.2, 0.25) is 0 Å². The SMILES string of the molecule is [N-]=[N+]=NC[C@H](O)c1cccc(C(F)(F)F)c1. The molecule has 1 aromatic rings. The lowest BCUT2D eigenvalue weighted by Crippen LogP contribution is -2.07. The van der Waals surface area contributed by atoms with E-state index in [4.69, 9.17) is 5.53 Å². The molecule has 0 fully saturated rings. The van der Waals surface area contributed by atoms with Gasteiger partial charge in [0.25, 0.3) is 0 Å². The summed E-state index contributed by atoms with van der Waals surface area (Å²) in [5.74, 6) is 0. The standard InChI is InChI=1S/C9H8F3N3O/c10-9(11,12)7-3-1-2-6(4-7)8(16)5-14-15-13/h1-4,8,16H,5H2/t8-/m0/s1. The van der Waals surface area contributed by atoms with Crippen LogP contribution in [0.3, 0.4) is 0 Å². The van der Waals surface area contributed by atoms with Crippen molar-refractivity contribution in [1.82, 2.24) is 0 Å². The van der Waals surface area contributed by atoms with Crippen molar-refractivity contribution >= 4 is 0 Å². The summed E-state index contributed by atoms with van der Waals surface area (Å²) >= 11 is 0. The Balaban J connectivity index is 2.94. The third-order valence-electron chi connectivity index (χ3n) is 1.92. The van der Waals surface area contributed by atoms with E-state index in [-0.39, 0.29) is 12.1 Å². The Hall–Kier alpha value is -1.72. The molecule has 0 aliphatic carbocycles. The number of aliphatic hydroxyl groups is 1. The molecule has 0 saturated carbocycles. The lowest BCUT2D eigenvalue weighted by molar-refractivity contribution is -0.137. The van der Waals surface area contributed by atoms with E-state index in [0.29, 0.717) is 0 Å². The van der Waals surface area contributed by atoms with E-state index in [1.807, 2.05) is 0 Å². The average molecular weight is 231 g/mol. The number of hydrogen-bond acceptors (Lipinski definition) is 2. The van der Waals surface area contributed by atoms with E-state index < -0.39 is 17.8 Å². The van der Waals surface area contributed by atoms with E-state index in [2.05, 4.69) is 10.0 Å². The Bertz CT molecular complexity index is 413. The van der Waals surface area contributed by atoms with Crippen molar-refractivity contribution in [3.63, 3.8) is 0 Å². The maximum Gasteiger partial charge on any atom is 0.416 e. The number of alkyl halides is 3. The minimum atomic E-state index is -4.45. The second-order valence-corrected chi connectivity index (χ2v) is 3.05. The minimum Gasteiger partial charge on any atom is -0.388 e. The summed E-state index contributed by atoms with van der Waals surface area (Å²) in [6, 6.07) is 4.27. The number of halogens is 3. The first-order chi connectivity index (χ1) is 7.45. The van der Waals surface area contributed by atoms with Gasteiger partial charge < -0.3 is 5.11 Å². The molecule has 7 heteroatoms. The van der Waals surface area contributed by atoms with Crippen LogP contribution in [-0.2, 0) is 6.18 Å². The summed E-state index contributed by atoms with van der Waals surface area (Å²) < 4.78 is 37.0. The fraction of sp³-hybridized carbons (Fsp3) is 0.333. The predicted octanol–water partition coefficient (Wildman–Crippen LogP) is 3.05. The van der Waals surface area contributed by atoms with Crippen molar-refractivity contribution in [1.29, 1.82) is 0 Å². The molecule has 86 valence electrons. The van der Waals surface area contributed by atoms with Crippen molar-refractivity contribution in [3.8, 4) is 0 Å². The highest BCUT2D eigenvalue weighted by Crippen LogP contribution is 2.30. The van der Waals surface area contributed by atoms with Crippen molar-refractivity contribution in [2.24, 2.45) is 5.11 Å². The molecule has 0 saturated heterocycles. The molecule has 0 aliphatic heterocycles. The van der Waals surface area contributed by atoms with Crippen molar-refractivity contribution in [3.05, 3.63) is 45.8 Å². The highest BCUT2D eigenvalue weighted by Gasteiger charge is 2.30. The van der Waals surface area contributed by atoms with E-state index in [9.17, 15) is 18.3 Å². The van der Waals surface area contributed by atoms with Gasteiger partial charge in [0.15, 0.2) is 0 Å². The van der Waals surface area contributed by atoms with Crippen LogP contribution < -0.4 is 0 Å². The van der Waals surface area contributed by atoms with Gasteiger partial charge in [0, 0.05) is 4.91 Å². The molecule has 0 unspecified atom stereocenters. The molecule has 0 aromatic heterocycles. The predicted molar refractivity (Wildman–Crippen MR) is 50.4 cm³/mol. The zero-order chi connectivity index (χ0) is 12.2. The minimum absolute atomic E-state index is 0.0715. The number of aliphatic hydroxyl groups excluding tert-OH is 1. The second-order valence-electron chi connectivity index (χ2n) is 3.05. The van der Waals surface area contributed by atoms with Crippen LogP contribution in [0.5, 0.6) is 0 Å². The fourth-order valence-corrected chi connectivity index (χ4v) is 1.14. The Morgan fingerprint density at radius 2 is 2.12 bits per heavy atom. The van der Waals surface area contributed by atoms with E-state index in [1.165, 1.54) is 12.1 Å². The first-order valence-corrected chi connectivity index (χ1v) is 4.31. The monoisotopic (exact) mass is 231 g/mol. The van der Waals surface area contributed by atoms with Gasteiger partial charge in [-0.3, -0.25) is 0 Å². The molecule has 1 aromatic carbocycles. The summed E-state index contributed by atoms with van der Waals surface area (Å²) in [6.45, 7) is -0.294. The zero-order valence-corrected chi connectivity index (χ0v) is 8.02. The van der Waals surface area contributed by atoms with Gasteiger partial charge >= 0.3 is 6.18 Å². The molecule has 0 aliphatic rings. The Labute approximate surface area is 89.0 Å². The molecular weight excluding hydrogens is 223 g/mol. The Kier molecular flexibility index (Phi) is 3.76. The smallest absolute Gasteiger partial charge is 0.388 e. The van der Waals surface area contributed by atoms with E-state index in [1.54, 1.807) is 0 Å². The summed E-state index contributed by atoms with van der Waals surface area (Å²) in [5, 5.41) is 12.5. The van der Waals surface area contributed by atoms with Crippen LogP contribution in [0.25, 0.3) is 10.4 Å². The van der Waals surface area contributed by atoms with Crippen molar-refractivity contribution in [2.75, 3.05) is 6.54 Å². The Morgan fingerprint density at radius 1 is 1.44 bits per heavy atom. The molecule has 4 nitrogen and oxygen atoms in total.